The summed E-state index contributed by atoms with van der Waals surface area (Å²) >= 11 is 0. The van der Waals surface area contributed by atoms with Crippen molar-refractivity contribution in [3.63, 3.8) is 0 Å². The van der Waals surface area contributed by atoms with Gasteiger partial charge in [0.15, 0.2) is 17.7 Å². The lowest BCUT2D eigenvalue weighted by Gasteiger charge is -2.39. The maximum atomic E-state index is 13.3. The Morgan fingerprint density at radius 1 is 1.21 bits per heavy atom. The van der Waals surface area contributed by atoms with Gasteiger partial charge in [-0.25, -0.2) is 0 Å². The highest BCUT2D eigenvalue weighted by atomic mass is 32.2. The number of fused-ring (bicyclic) bond motifs is 1. The van der Waals surface area contributed by atoms with Crippen molar-refractivity contribution < 1.29 is 31.6 Å². The van der Waals surface area contributed by atoms with E-state index in [-0.39, 0.29) is 18.2 Å². The topological polar surface area (TPSA) is 103 Å². The fourth-order valence-corrected chi connectivity index (χ4v) is 7.47. The number of hydrogen-bond donors (Lipinski definition) is 1. The first-order valence-corrected chi connectivity index (χ1v) is 11.3. The first-order valence-electron chi connectivity index (χ1n) is 9.73. The molecule has 1 aromatic rings. The molecule has 29 heavy (non-hydrogen) atoms. The van der Waals surface area contributed by atoms with Gasteiger partial charge in [0, 0.05) is 0 Å². The largest absolute Gasteiger partial charge is 0.341 e. The molecule has 0 bridgehead atoms. The van der Waals surface area contributed by atoms with Crippen molar-refractivity contribution in [3.8, 4) is 0 Å². The molecule has 10 heteroatoms. The molecule has 1 aromatic carbocycles. The maximum Gasteiger partial charge on any atom is 0.271 e. The number of carbonyl (C=O) groups is 1. The van der Waals surface area contributed by atoms with Crippen LogP contribution in [-0.2, 0) is 39.7 Å². The van der Waals surface area contributed by atoms with Gasteiger partial charge in [0.05, 0.1) is 12.6 Å². The average molecular weight is 422 g/mol. The lowest BCUT2D eigenvalue weighted by atomic mass is 9.83. The van der Waals surface area contributed by atoms with Crippen molar-refractivity contribution >= 4 is 16.0 Å². The van der Waals surface area contributed by atoms with Crippen LogP contribution in [0.4, 0.5) is 0 Å². The summed E-state index contributed by atoms with van der Waals surface area (Å²) in [7, 11) is -3.90. The number of rotatable bonds is 2. The molecule has 5 aliphatic rings. The van der Waals surface area contributed by atoms with Gasteiger partial charge in [-0.2, -0.15) is 8.42 Å². The molecule has 6 rings (SSSR count). The van der Waals surface area contributed by atoms with Crippen molar-refractivity contribution in [2.75, 3.05) is 12.3 Å². The predicted octanol–water partition coefficient (Wildman–Crippen LogP) is -0.285. The van der Waals surface area contributed by atoms with Crippen molar-refractivity contribution in [2.24, 2.45) is 0 Å². The van der Waals surface area contributed by atoms with E-state index in [1.54, 1.807) is 18.7 Å². The number of hydrogen-bond acceptors (Lipinski definition) is 8. The van der Waals surface area contributed by atoms with E-state index in [4.69, 9.17) is 18.4 Å². The number of nitrogens with zero attached hydrogens (tertiary/aromatic N) is 1. The Hall–Kier alpha value is -1.56. The maximum absolute atomic E-state index is 13.3. The minimum atomic E-state index is -3.90. The molecular formula is C19H22N2O7S. The van der Waals surface area contributed by atoms with Gasteiger partial charge in [0.1, 0.15) is 23.6 Å². The third-order valence-corrected chi connectivity index (χ3v) is 7.92. The molecule has 0 radical (unpaired) electrons. The van der Waals surface area contributed by atoms with Gasteiger partial charge < -0.3 is 19.1 Å². The van der Waals surface area contributed by atoms with Crippen molar-refractivity contribution in [2.45, 2.75) is 61.9 Å². The Kier molecular flexibility index (Phi) is 3.38. The molecule has 0 saturated carbocycles. The zero-order valence-corrected chi connectivity index (χ0v) is 16.8. The lowest BCUT2D eigenvalue weighted by Crippen LogP contribution is -2.68. The van der Waals surface area contributed by atoms with Gasteiger partial charge in [-0.3, -0.25) is 14.3 Å². The molecule has 1 amide bonds. The number of carbonyl (C=O) groups excluding carboxylic acids is 1. The second kappa shape index (κ2) is 5.37. The molecule has 156 valence electrons. The highest BCUT2D eigenvalue weighted by Crippen LogP contribution is 2.60. The average Bonchev–Trinajstić information content (AvgIpc) is 3.29. The van der Waals surface area contributed by atoms with Gasteiger partial charge in [-0.05, 0) is 25.8 Å². The number of amides is 1. The van der Waals surface area contributed by atoms with E-state index < -0.39 is 51.7 Å². The predicted molar refractivity (Wildman–Crippen MR) is 97.8 cm³/mol. The molecule has 0 aliphatic carbocycles. The van der Waals surface area contributed by atoms with Gasteiger partial charge >= 0.3 is 0 Å². The standard InChI is InChI=1S/C19H22N2O7S/c1-17(2)26-14-16(27-17)25-13-9-21-15(22)12(8-11-6-4-3-5-7-11)20-18(21)10-29(23,24)28-19(13,14)18/h3-7,12-14,16,20H,8-10H2,1-2H3/t12-,13+,14-,16+,18-,19+/m0/s1. The summed E-state index contributed by atoms with van der Waals surface area (Å²) in [5, 5.41) is 3.34. The number of ether oxygens (including phenoxy) is 3. The summed E-state index contributed by atoms with van der Waals surface area (Å²) in [6.07, 6.45) is -1.70. The minimum Gasteiger partial charge on any atom is -0.341 e. The monoisotopic (exact) mass is 422 g/mol. The highest BCUT2D eigenvalue weighted by Gasteiger charge is 2.85. The van der Waals surface area contributed by atoms with Crippen molar-refractivity contribution in [1.82, 2.24) is 10.2 Å². The lowest BCUT2D eigenvalue weighted by molar-refractivity contribution is -0.222. The first-order chi connectivity index (χ1) is 13.7. The highest BCUT2D eigenvalue weighted by molar-refractivity contribution is 7.87. The molecule has 5 fully saturated rings. The van der Waals surface area contributed by atoms with Crippen LogP contribution < -0.4 is 5.32 Å². The van der Waals surface area contributed by atoms with Crippen molar-refractivity contribution in [1.29, 1.82) is 0 Å². The Balaban J connectivity index is 1.43. The van der Waals surface area contributed by atoms with Crippen LogP contribution in [0.1, 0.15) is 19.4 Å². The van der Waals surface area contributed by atoms with E-state index in [2.05, 4.69) is 5.32 Å². The molecule has 0 unspecified atom stereocenters. The number of benzene rings is 1. The van der Waals surface area contributed by atoms with Crippen molar-refractivity contribution in [3.05, 3.63) is 35.9 Å². The second-order valence-electron chi connectivity index (χ2n) is 8.82. The molecule has 0 aromatic heterocycles. The Morgan fingerprint density at radius 3 is 2.72 bits per heavy atom. The molecule has 2 spiro atoms. The summed E-state index contributed by atoms with van der Waals surface area (Å²) in [5.41, 5.74) is -1.62. The fourth-order valence-electron chi connectivity index (χ4n) is 5.67. The van der Waals surface area contributed by atoms with Gasteiger partial charge in [0.2, 0.25) is 5.91 Å². The molecule has 1 N–H and O–H groups in total. The smallest absolute Gasteiger partial charge is 0.271 e. The quantitative estimate of drug-likeness (QED) is 0.649. The first kappa shape index (κ1) is 18.2. The number of nitrogens with one attached hydrogen (secondary N) is 1. The van der Waals surface area contributed by atoms with Crippen LogP contribution in [0, 0.1) is 0 Å². The van der Waals surface area contributed by atoms with E-state index in [1.807, 2.05) is 30.3 Å². The zero-order valence-electron chi connectivity index (χ0n) is 16.0. The summed E-state index contributed by atoms with van der Waals surface area (Å²) in [4.78, 5) is 14.9. The van der Waals surface area contributed by atoms with E-state index >= 15 is 0 Å². The molecule has 5 saturated heterocycles. The van der Waals surface area contributed by atoms with Crippen LogP contribution in [0.3, 0.4) is 0 Å². The van der Waals surface area contributed by atoms with Gasteiger partial charge in [-0.15, -0.1) is 0 Å². The van der Waals surface area contributed by atoms with E-state index in [9.17, 15) is 13.2 Å². The van der Waals surface area contributed by atoms with E-state index in [0.717, 1.165) is 5.56 Å². The van der Waals surface area contributed by atoms with E-state index in [1.165, 1.54) is 0 Å². The molecule has 5 aliphatic heterocycles. The summed E-state index contributed by atoms with van der Waals surface area (Å²) in [6, 6.07) is 9.08. The normalized spacial score (nSPS) is 45.9. The van der Waals surface area contributed by atoms with Crippen LogP contribution in [0.2, 0.25) is 0 Å². The SMILES string of the molecule is CC1(C)O[C@H]2O[C@@H]3CN4C(=O)[C@H](Cc5ccccc5)N[C@@]45CS(=O)(=O)O[C@@]35[C@H]2O1. The summed E-state index contributed by atoms with van der Waals surface area (Å²) in [6.45, 7) is 3.72. The van der Waals surface area contributed by atoms with Crippen LogP contribution in [0.15, 0.2) is 30.3 Å². The summed E-state index contributed by atoms with van der Waals surface area (Å²) in [5.74, 6) is -1.43. The van der Waals surface area contributed by atoms with Crippen LogP contribution in [0.25, 0.3) is 0 Å². The third kappa shape index (κ3) is 2.21. The molecule has 6 atom stereocenters. The minimum absolute atomic E-state index is 0.151. The Labute approximate surface area is 168 Å². The van der Waals surface area contributed by atoms with Crippen LogP contribution in [-0.4, -0.2) is 73.1 Å². The Morgan fingerprint density at radius 2 is 1.97 bits per heavy atom. The fraction of sp³-hybridized carbons (Fsp3) is 0.632. The molecule has 9 nitrogen and oxygen atoms in total. The molecule has 5 heterocycles. The van der Waals surface area contributed by atoms with Gasteiger partial charge in [0.25, 0.3) is 10.1 Å². The van der Waals surface area contributed by atoms with Crippen LogP contribution in [0.5, 0.6) is 0 Å². The van der Waals surface area contributed by atoms with Crippen LogP contribution >= 0.6 is 0 Å². The Bertz CT molecular complexity index is 999. The van der Waals surface area contributed by atoms with Gasteiger partial charge in [-0.1, -0.05) is 30.3 Å². The second-order valence-corrected chi connectivity index (χ2v) is 10.4. The summed E-state index contributed by atoms with van der Waals surface area (Å²) < 4.78 is 49.0. The third-order valence-electron chi connectivity index (χ3n) is 6.62. The molecular weight excluding hydrogens is 400 g/mol. The van der Waals surface area contributed by atoms with E-state index in [0.29, 0.717) is 6.42 Å². The zero-order chi connectivity index (χ0) is 20.2.